The summed E-state index contributed by atoms with van der Waals surface area (Å²) >= 11 is 0. The van der Waals surface area contributed by atoms with Crippen molar-refractivity contribution < 1.29 is 4.79 Å². The molecule has 4 rings (SSSR count). The van der Waals surface area contributed by atoms with Gasteiger partial charge < -0.3 is 15.5 Å². The summed E-state index contributed by atoms with van der Waals surface area (Å²) < 4.78 is 0. The zero-order valence-electron chi connectivity index (χ0n) is 16.3. The molecule has 2 aliphatic rings. The van der Waals surface area contributed by atoms with Crippen LogP contribution in [0, 0.1) is 0 Å². The molecular formula is C22H29N5O. The fourth-order valence-electron chi connectivity index (χ4n) is 4.19. The van der Waals surface area contributed by atoms with Gasteiger partial charge in [-0.25, -0.2) is 9.78 Å². The largest absolute Gasteiger partial charge is 0.354 e. The SMILES string of the molecule is O=C(NCc1ccccc1)Nc1ccc(N2CCN(C3CCCC3)CC2)nc1. The molecule has 2 heterocycles. The van der Waals surface area contributed by atoms with Gasteiger partial charge in [0.2, 0.25) is 0 Å². The summed E-state index contributed by atoms with van der Waals surface area (Å²) in [6.45, 7) is 4.79. The highest BCUT2D eigenvalue weighted by Crippen LogP contribution is 2.25. The molecule has 1 aromatic heterocycles. The van der Waals surface area contributed by atoms with Gasteiger partial charge in [0, 0.05) is 38.8 Å². The molecule has 6 nitrogen and oxygen atoms in total. The molecule has 2 N–H and O–H groups in total. The molecule has 1 saturated heterocycles. The lowest BCUT2D eigenvalue weighted by Crippen LogP contribution is -2.49. The van der Waals surface area contributed by atoms with Crippen LogP contribution in [0.5, 0.6) is 0 Å². The van der Waals surface area contributed by atoms with Crippen LogP contribution in [0.3, 0.4) is 0 Å². The summed E-state index contributed by atoms with van der Waals surface area (Å²) in [5.74, 6) is 0.987. The van der Waals surface area contributed by atoms with E-state index in [4.69, 9.17) is 0 Å². The van der Waals surface area contributed by atoms with Crippen molar-refractivity contribution in [3.05, 3.63) is 54.2 Å². The number of piperazine rings is 1. The Morgan fingerprint density at radius 2 is 1.75 bits per heavy atom. The van der Waals surface area contributed by atoms with Crippen molar-refractivity contribution in [3.8, 4) is 0 Å². The molecule has 0 bridgehead atoms. The topological polar surface area (TPSA) is 60.5 Å². The Morgan fingerprint density at radius 3 is 2.43 bits per heavy atom. The van der Waals surface area contributed by atoms with E-state index in [0.29, 0.717) is 12.2 Å². The summed E-state index contributed by atoms with van der Waals surface area (Å²) in [5.41, 5.74) is 1.78. The third-order valence-electron chi connectivity index (χ3n) is 5.78. The summed E-state index contributed by atoms with van der Waals surface area (Å²) in [7, 11) is 0. The molecule has 0 atom stereocenters. The van der Waals surface area contributed by atoms with Gasteiger partial charge in [-0.2, -0.15) is 0 Å². The number of rotatable bonds is 5. The minimum atomic E-state index is -0.219. The van der Waals surface area contributed by atoms with E-state index in [1.807, 2.05) is 42.5 Å². The van der Waals surface area contributed by atoms with Crippen molar-refractivity contribution in [2.24, 2.45) is 0 Å². The number of carbonyl (C=O) groups is 1. The summed E-state index contributed by atoms with van der Waals surface area (Å²) in [4.78, 5) is 21.6. The van der Waals surface area contributed by atoms with Gasteiger partial charge in [-0.1, -0.05) is 43.2 Å². The molecule has 6 heteroatoms. The lowest BCUT2D eigenvalue weighted by molar-refractivity contribution is 0.187. The van der Waals surface area contributed by atoms with Crippen LogP contribution in [0.25, 0.3) is 0 Å². The van der Waals surface area contributed by atoms with Crippen LogP contribution >= 0.6 is 0 Å². The Hall–Kier alpha value is -2.60. The van der Waals surface area contributed by atoms with Gasteiger partial charge >= 0.3 is 6.03 Å². The van der Waals surface area contributed by atoms with Gasteiger partial charge in [0.25, 0.3) is 0 Å². The van der Waals surface area contributed by atoms with Crippen LogP contribution in [0.2, 0.25) is 0 Å². The number of amides is 2. The van der Waals surface area contributed by atoms with E-state index in [0.717, 1.165) is 43.6 Å². The number of nitrogens with one attached hydrogen (secondary N) is 2. The Kier molecular flexibility index (Phi) is 6.07. The molecule has 0 radical (unpaired) electrons. The van der Waals surface area contributed by atoms with Crippen molar-refractivity contribution in [2.45, 2.75) is 38.3 Å². The molecule has 148 valence electrons. The Morgan fingerprint density at radius 1 is 1.00 bits per heavy atom. The molecule has 1 aliphatic heterocycles. The Labute approximate surface area is 166 Å². The number of pyridine rings is 1. The van der Waals surface area contributed by atoms with Crippen molar-refractivity contribution in [1.82, 2.24) is 15.2 Å². The zero-order valence-corrected chi connectivity index (χ0v) is 16.3. The number of anilines is 2. The highest BCUT2D eigenvalue weighted by atomic mass is 16.2. The number of carbonyl (C=O) groups excluding carboxylic acids is 1. The maximum Gasteiger partial charge on any atom is 0.319 e. The third kappa shape index (κ3) is 4.81. The van der Waals surface area contributed by atoms with Crippen LogP contribution in [0.4, 0.5) is 16.3 Å². The maximum absolute atomic E-state index is 12.1. The van der Waals surface area contributed by atoms with E-state index in [2.05, 4.69) is 25.4 Å². The van der Waals surface area contributed by atoms with E-state index >= 15 is 0 Å². The first-order valence-corrected chi connectivity index (χ1v) is 10.3. The number of aromatic nitrogens is 1. The number of nitrogens with zero attached hydrogens (tertiary/aromatic N) is 3. The summed E-state index contributed by atoms with van der Waals surface area (Å²) in [5, 5.41) is 5.71. The van der Waals surface area contributed by atoms with Gasteiger partial charge in [-0.15, -0.1) is 0 Å². The second-order valence-corrected chi connectivity index (χ2v) is 7.66. The van der Waals surface area contributed by atoms with Crippen LogP contribution in [-0.2, 0) is 6.54 Å². The second kappa shape index (κ2) is 9.06. The average molecular weight is 380 g/mol. The second-order valence-electron chi connectivity index (χ2n) is 7.66. The van der Waals surface area contributed by atoms with E-state index < -0.39 is 0 Å². The molecule has 2 amide bonds. The van der Waals surface area contributed by atoms with Crippen LogP contribution in [0.15, 0.2) is 48.7 Å². The van der Waals surface area contributed by atoms with E-state index in [9.17, 15) is 4.79 Å². The van der Waals surface area contributed by atoms with Crippen molar-refractivity contribution >= 4 is 17.5 Å². The molecule has 28 heavy (non-hydrogen) atoms. The first-order valence-electron chi connectivity index (χ1n) is 10.3. The Bertz CT molecular complexity index is 750. The lowest BCUT2D eigenvalue weighted by Gasteiger charge is -2.38. The molecule has 2 fully saturated rings. The first-order chi connectivity index (χ1) is 13.8. The zero-order chi connectivity index (χ0) is 19.2. The predicted molar refractivity (Wildman–Crippen MR) is 113 cm³/mol. The normalized spacial score (nSPS) is 18.2. The average Bonchev–Trinajstić information content (AvgIpc) is 3.29. The van der Waals surface area contributed by atoms with E-state index in [1.54, 1.807) is 6.20 Å². The third-order valence-corrected chi connectivity index (χ3v) is 5.78. The Balaban J connectivity index is 1.24. The van der Waals surface area contributed by atoms with Crippen molar-refractivity contribution in [1.29, 1.82) is 0 Å². The number of urea groups is 1. The minimum Gasteiger partial charge on any atom is -0.354 e. The van der Waals surface area contributed by atoms with Crippen LogP contribution in [-0.4, -0.2) is 48.1 Å². The minimum absolute atomic E-state index is 0.219. The van der Waals surface area contributed by atoms with Crippen molar-refractivity contribution in [2.75, 3.05) is 36.4 Å². The van der Waals surface area contributed by atoms with E-state index in [1.165, 1.54) is 25.7 Å². The van der Waals surface area contributed by atoms with Gasteiger partial charge in [-0.05, 0) is 30.5 Å². The molecule has 0 spiro atoms. The molecule has 0 unspecified atom stereocenters. The number of benzene rings is 1. The quantitative estimate of drug-likeness (QED) is 0.835. The standard InChI is InChI=1S/C22H29N5O/c28-22(24-16-18-6-2-1-3-7-18)25-19-10-11-21(23-17-19)27-14-12-26(13-15-27)20-8-4-5-9-20/h1-3,6-7,10-11,17,20H,4-5,8-9,12-16H2,(H2,24,25,28). The summed E-state index contributed by atoms with van der Waals surface area (Å²) in [6.07, 6.45) is 7.25. The van der Waals surface area contributed by atoms with Gasteiger partial charge in [0.15, 0.2) is 0 Å². The van der Waals surface area contributed by atoms with Crippen molar-refractivity contribution in [3.63, 3.8) is 0 Å². The van der Waals surface area contributed by atoms with Crippen LogP contribution in [0.1, 0.15) is 31.2 Å². The molecule has 1 aromatic carbocycles. The van der Waals surface area contributed by atoms with Crippen LogP contribution < -0.4 is 15.5 Å². The van der Waals surface area contributed by atoms with Gasteiger partial charge in [0.1, 0.15) is 5.82 Å². The van der Waals surface area contributed by atoms with E-state index in [-0.39, 0.29) is 6.03 Å². The van der Waals surface area contributed by atoms with Gasteiger partial charge in [0.05, 0.1) is 11.9 Å². The number of hydrogen-bond acceptors (Lipinski definition) is 4. The first kappa shape index (κ1) is 18.7. The fourth-order valence-corrected chi connectivity index (χ4v) is 4.19. The van der Waals surface area contributed by atoms with Gasteiger partial charge in [-0.3, -0.25) is 4.90 Å². The number of hydrogen-bond donors (Lipinski definition) is 2. The lowest BCUT2D eigenvalue weighted by atomic mass is 10.2. The highest BCUT2D eigenvalue weighted by Gasteiger charge is 2.26. The monoisotopic (exact) mass is 379 g/mol. The highest BCUT2D eigenvalue weighted by molar-refractivity contribution is 5.89. The molecule has 2 aromatic rings. The smallest absolute Gasteiger partial charge is 0.319 e. The summed E-state index contributed by atoms with van der Waals surface area (Å²) in [6, 6.07) is 14.4. The molecule has 1 aliphatic carbocycles. The molecular weight excluding hydrogens is 350 g/mol. The molecule has 1 saturated carbocycles. The maximum atomic E-state index is 12.1. The predicted octanol–water partition coefficient (Wildman–Crippen LogP) is 3.47. The fraction of sp³-hybridized carbons (Fsp3) is 0.455.